The summed E-state index contributed by atoms with van der Waals surface area (Å²) in [5.41, 5.74) is 3.89. The molecule has 3 amide bonds. The maximum absolute atomic E-state index is 13.2. The zero-order valence-corrected chi connectivity index (χ0v) is 30.5. The average molecular weight is 721 g/mol. The summed E-state index contributed by atoms with van der Waals surface area (Å²) in [7, 11) is 4.83. The number of carbonyl (C=O) groups is 3. The molecule has 5 rings (SSSR count). The largest absolute Gasteiger partial charge is 0.481 e. The van der Waals surface area contributed by atoms with Crippen molar-refractivity contribution < 1.29 is 29.0 Å². The number of nitrogens with zero attached hydrogens (tertiary/aromatic N) is 6. The smallest absolute Gasteiger partial charge is 0.410 e. The summed E-state index contributed by atoms with van der Waals surface area (Å²) in [6.45, 7) is 6.50. The Morgan fingerprint density at radius 2 is 1.84 bits per heavy atom. The van der Waals surface area contributed by atoms with Gasteiger partial charge in [-0.25, -0.2) is 19.3 Å². The first kappa shape index (κ1) is 37.5. The highest BCUT2D eigenvalue weighted by atomic mass is 35.5. The summed E-state index contributed by atoms with van der Waals surface area (Å²) in [6.07, 6.45) is 1.59. The third kappa shape index (κ3) is 9.72. The van der Waals surface area contributed by atoms with Crippen LogP contribution in [0.15, 0.2) is 48.7 Å². The number of hydrogen-bond donors (Lipinski definition) is 3. The second-order valence-electron chi connectivity index (χ2n) is 13.7. The highest BCUT2D eigenvalue weighted by Crippen LogP contribution is 2.36. The van der Waals surface area contributed by atoms with E-state index in [1.165, 1.54) is 12.0 Å². The number of benzene rings is 1. The van der Waals surface area contributed by atoms with Crippen molar-refractivity contribution in [3.05, 3.63) is 64.9 Å². The Hall–Kier alpha value is -4.79. The van der Waals surface area contributed by atoms with E-state index < -0.39 is 17.8 Å². The number of amides is 3. The first-order valence-corrected chi connectivity index (χ1v) is 17.1. The van der Waals surface area contributed by atoms with E-state index >= 15 is 0 Å². The minimum Gasteiger partial charge on any atom is -0.481 e. The van der Waals surface area contributed by atoms with Gasteiger partial charge in [0, 0.05) is 62.9 Å². The Balaban J connectivity index is 1.33. The van der Waals surface area contributed by atoms with Crippen molar-refractivity contribution >= 4 is 35.2 Å². The Labute approximate surface area is 302 Å². The van der Waals surface area contributed by atoms with E-state index in [0.29, 0.717) is 64.0 Å². The normalized spacial score (nSPS) is 15.1. The highest BCUT2D eigenvalue weighted by Gasteiger charge is 2.29. The Kier molecular flexibility index (Phi) is 11.8. The monoisotopic (exact) mass is 720 g/mol. The van der Waals surface area contributed by atoms with Crippen LogP contribution in [-0.4, -0.2) is 104 Å². The van der Waals surface area contributed by atoms with Crippen LogP contribution in [0, 0.1) is 0 Å². The number of nitrogens with one attached hydrogen (secondary N) is 2. The fraction of sp³-hybridized carbons (Fsp3) is 0.444. The van der Waals surface area contributed by atoms with Crippen LogP contribution in [0.5, 0.6) is 5.88 Å². The lowest BCUT2D eigenvalue weighted by molar-refractivity contribution is -0.130. The van der Waals surface area contributed by atoms with E-state index in [2.05, 4.69) is 15.6 Å². The molecular formula is C36H45ClN8O6. The lowest BCUT2D eigenvalue weighted by Gasteiger charge is -2.29. The predicted molar refractivity (Wildman–Crippen MR) is 192 cm³/mol. The molecule has 15 heteroatoms. The molecule has 51 heavy (non-hydrogen) atoms. The molecule has 3 aromatic heterocycles. The summed E-state index contributed by atoms with van der Waals surface area (Å²) in [5.74, 6) is 0.153. The number of fused-ring (bicyclic) bond motifs is 1. The van der Waals surface area contributed by atoms with Crippen LogP contribution in [0.3, 0.4) is 0 Å². The van der Waals surface area contributed by atoms with Crippen LogP contribution in [0.1, 0.15) is 51.3 Å². The van der Waals surface area contributed by atoms with Crippen molar-refractivity contribution in [2.24, 2.45) is 0 Å². The second-order valence-corrected chi connectivity index (χ2v) is 14.1. The molecule has 1 saturated heterocycles. The van der Waals surface area contributed by atoms with Gasteiger partial charge >= 0.3 is 6.09 Å². The standard InChI is InChI=1S/C36H45ClN8O6/c1-36(2,3)51-35(49)44(20-23-11-15-31(47)40-23)19-22-10-12-28(41-34(22)50-6)26-8-7-9-27(33(26)37)29-13-14-30-39-24(21-45(30)42-29)17-38-18-25(46)16-32(48)43(4)5/h7-10,12-14,21,23,25,38,46H,11,15-20H2,1-6H3,(H,40,47)/t23-,25-/m0/s1. The molecule has 14 nitrogen and oxygen atoms in total. The van der Waals surface area contributed by atoms with E-state index in [4.69, 9.17) is 31.2 Å². The van der Waals surface area contributed by atoms with Gasteiger partial charge in [0.2, 0.25) is 17.7 Å². The molecule has 1 aliphatic rings. The van der Waals surface area contributed by atoms with E-state index in [9.17, 15) is 19.5 Å². The first-order valence-electron chi connectivity index (χ1n) is 16.8. The third-order valence-corrected chi connectivity index (χ3v) is 8.59. The van der Waals surface area contributed by atoms with Crippen molar-refractivity contribution in [2.75, 3.05) is 34.3 Å². The predicted octanol–water partition coefficient (Wildman–Crippen LogP) is 4.06. The van der Waals surface area contributed by atoms with Crippen LogP contribution in [0.4, 0.5) is 4.79 Å². The quantitative estimate of drug-likeness (QED) is 0.184. The number of methoxy groups -OCH3 is 1. The molecule has 0 aliphatic carbocycles. The molecule has 0 saturated carbocycles. The van der Waals surface area contributed by atoms with Gasteiger partial charge < -0.3 is 35.0 Å². The van der Waals surface area contributed by atoms with Gasteiger partial charge in [-0.1, -0.05) is 29.8 Å². The maximum atomic E-state index is 13.2. The number of pyridine rings is 1. The average Bonchev–Trinajstić information content (AvgIpc) is 3.68. The lowest BCUT2D eigenvalue weighted by atomic mass is 10.0. The molecule has 0 unspecified atom stereocenters. The fourth-order valence-electron chi connectivity index (χ4n) is 5.64. The zero-order valence-electron chi connectivity index (χ0n) is 29.8. The topological polar surface area (TPSA) is 164 Å². The number of halogens is 1. The van der Waals surface area contributed by atoms with Crippen molar-refractivity contribution in [3.63, 3.8) is 0 Å². The van der Waals surface area contributed by atoms with Crippen molar-refractivity contribution in [1.29, 1.82) is 0 Å². The first-order chi connectivity index (χ1) is 24.2. The minimum absolute atomic E-state index is 0.0341. The molecule has 0 bridgehead atoms. The molecule has 1 aliphatic heterocycles. The van der Waals surface area contributed by atoms with Crippen LogP contribution in [0.25, 0.3) is 28.2 Å². The molecule has 2 atom stereocenters. The van der Waals surface area contributed by atoms with E-state index in [1.54, 1.807) is 29.7 Å². The molecule has 1 fully saturated rings. The SMILES string of the molecule is COc1nc(-c2cccc(-c3ccc4nc(CNC[C@@H](O)CC(=O)N(C)C)cn4n3)c2Cl)ccc1CN(C[C@@H]1CCC(=O)N1)C(=O)OC(C)(C)C. The van der Waals surface area contributed by atoms with Crippen molar-refractivity contribution in [3.8, 4) is 28.4 Å². The van der Waals surface area contributed by atoms with Gasteiger partial charge in [0.05, 0.1) is 54.5 Å². The molecule has 0 radical (unpaired) electrons. The Bertz CT molecular complexity index is 1890. The molecule has 1 aromatic carbocycles. The summed E-state index contributed by atoms with van der Waals surface area (Å²) in [6, 6.07) is 12.8. The van der Waals surface area contributed by atoms with Gasteiger partial charge in [0.1, 0.15) is 5.60 Å². The number of aliphatic hydroxyl groups excluding tert-OH is 1. The number of rotatable bonds is 13. The molecule has 3 N–H and O–H groups in total. The van der Waals surface area contributed by atoms with Gasteiger partial charge in [-0.15, -0.1) is 0 Å². The van der Waals surface area contributed by atoms with Crippen LogP contribution in [-0.2, 0) is 27.4 Å². The molecular weight excluding hydrogens is 676 g/mol. The highest BCUT2D eigenvalue weighted by molar-refractivity contribution is 6.36. The van der Waals surface area contributed by atoms with Gasteiger partial charge in [0.15, 0.2) is 5.65 Å². The number of aromatic nitrogens is 4. The van der Waals surface area contributed by atoms with E-state index in [0.717, 1.165) is 5.69 Å². The summed E-state index contributed by atoms with van der Waals surface area (Å²) >= 11 is 7.01. The summed E-state index contributed by atoms with van der Waals surface area (Å²) in [5, 5.41) is 21.4. The molecule has 4 aromatic rings. The number of ether oxygens (including phenoxy) is 2. The number of imidazole rings is 1. The van der Waals surface area contributed by atoms with Gasteiger partial charge in [-0.05, 0) is 51.5 Å². The van der Waals surface area contributed by atoms with Crippen LogP contribution >= 0.6 is 11.6 Å². The summed E-state index contributed by atoms with van der Waals surface area (Å²) in [4.78, 5) is 49.3. The lowest BCUT2D eigenvalue weighted by Crippen LogP contribution is -2.43. The van der Waals surface area contributed by atoms with Crippen molar-refractivity contribution in [2.45, 2.75) is 70.9 Å². The number of hydrogen-bond acceptors (Lipinski definition) is 10. The molecule has 4 heterocycles. The van der Waals surface area contributed by atoms with Crippen LogP contribution < -0.4 is 15.4 Å². The van der Waals surface area contributed by atoms with Gasteiger partial charge in [0.25, 0.3) is 0 Å². The van der Waals surface area contributed by atoms with Gasteiger partial charge in [-0.2, -0.15) is 5.10 Å². The van der Waals surface area contributed by atoms with Gasteiger partial charge in [-0.3, -0.25) is 9.59 Å². The Morgan fingerprint density at radius 3 is 2.51 bits per heavy atom. The minimum atomic E-state index is -0.805. The maximum Gasteiger partial charge on any atom is 0.410 e. The second kappa shape index (κ2) is 16.0. The molecule has 0 spiro atoms. The molecule has 272 valence electrons. The third-order valence-electron chi connectivity index (χ3n) is 8.19. The number of carbonyl (C=O) groups excluding carboxylic acids is 3. The summed E-state index contributed by atoms with van der Waals surface area (Å²) < 4.78 is 13.0. The number of aliphatic hydroxyl groups is 1. The van der Waals surface area contributed by atoms with E-state index in [-0.39, 0.29) is 43.9 Å². The van der Waals surface area contributed by atoms with E-state index in [1.807, 2.05) is 63.2 Å². The fourth-order valence-corrected chi connectivity index (χ4v) is 5.96. The zero-order chi connectivity index (χ0) is 36.9. The van der Waals surface area contributed by atoms with Crippen molar-refractivity contribution in [1.82, 2.24) is 40.0 Å². The Morgan fingerprint density at radius 1 is 1.12 bits per heavy atom. The van der Waals surface area contributed by atoms with Crippen LogP contribution in [0.2, 0.25) is 5.02 Å².